The van der Waals surface area contributed by atoms with E-state index in [4.69, 9.17) is 14.1 Å². The van der Waals surface area contributed by atoms with Crippen LogP contribution in [0.5, 0.6) is 0 Å². The van der Waals surface area contributed by atoms with Crippen LogP contribution in [0.4, 0.5) is 0 Å². The van der Waals surface area contributed by atoms with Crippen LogP contribution < -0.4 is 0 Å². The second kappa shape index (κ2) is 6.88. The van der Waals surface area contributed by atoms with Gasteiger partial charge < -0.3 is 9.15 Å². The Morgan fingerprint density at radius 2 is 2.22 bits per heavy atom. The fourth-order valence-electron chi connectivity index (χ4n) is 3.32. The third-order valence-corrected chi connectivity index (χ3v) is 5.53. The molecule has 5 rings (SSSR count). The lowest BCUT2D eigenvalue weighted by molar-refractivity contribution is -0.0373. The van der Waals surface area contributed by atoms with Crippen molar-refractivity contribution in [2.45, 2.75) is 19.6 Å². The van der Waals surface area contributed by atoms with Crippen LogP contribution in [0, 0.1) is 6.92 Å². The van der Waals surface area contributed by atoms with Crippen molar-refractivity contribution in [2.75, 3.05) is 19.7 Å². The minimum atomic E-state index is -0.0998. The lowest BCUT2D eigenvalue weighted by Crippen LogP contribution is -2.38. The van der Waals surface area contributed by atoms with E-state index in [1.807, 2.05) is 31.2 Å². The van der Waals surface area contributed by atoms with E-state index in [9.17, 15) is 0 Å². The van der Waals surface area contributed by atoms with Gasteiger partial charge in [-0.15, -0.1) is 11.3 Å². The van der Waals surface area contributed by atoms with Crippen molar-refractivity contribution in [3.8, 4) is 10.8 Å². The number of furan rings is 1. The number of hydrogen-bond donors (Lipinski definition) is 1. The Hall–Kier alpha value is -2.55. The van der Waals surface area contributed by atoms with E-state index in [1.165, 1.54) is 0 Å². The SMILES string of the molecule is Cc1nc(C2CN(Cc3csc(-c4cc5ccccc5o4)n3)CCO2)n[nH]1. The van der Waals surface area contributed by atoms with Gasteiger partial charge in [-0.3, -0.25) is 10.00 Å². The van der Waals surface area contributed by atoms with E-state index in [0.717, 1.165) is 58.7 Å². The number of para-hydroxylation sites is 1. The normalized spacial score (nSPS) is 18.3. The number of fused-ring (bicyclic) bond motifs is 1. The van der Waals surface area contributed by atoms with Gasteiger partial charge in [0.15, 0.2) is 16.6 Å². The molecule has 0 radical (unpaired) electrons. The summed E-state index contributed by atoms with van der Waals surface area (Å²) in [5, 5.41) is 11.2. The average molecular weight is 381 g/mol. The van der Waals surface area contributed by atoms with Gasteiger partial charge in [-0.2, -0.15) is 5.10 Å². The molecule has 7 nitrogen and oxygen atoms in total. The summed E-state index contributed by atoms with van der Waals surface area (Å²) in [5.41, 5.74) is 1.93. The first-order chi connectivity index (χ1) is 13.2. The zero-order valence-electron chi connectivity index (χ0n) is 14.9. The number of rotatable bonds is 4. The Bertz CT molecular complexity index is 1040. The van der Waals surface area contributed by atoms with Gasteiger partial charge in [0.25, 0.3) is 0 Å². The molecule has 1 atom stereocenters. The topological polar surface area (TPSA) is 80.1 Å². The summed E-state index contributed by atoms with van der Waals surface area (Å²) < 4.78 is 11.8. The van der Waals surface area contributed by atoms with Crippen molar-refractivity contribution in [3.05, 3.63) is 53.1 Å². The summed E-state index contributed by atoms with van der Waals surface area (Å²) in [7, 11) is 0. The molecule has 0 spiro atoms. The van der Waals surface area contributed by atoms with Gasteiger partial charge in [-0.1, -0.05) is 18.2 Å². The number of nitrogens with zero attached hydrogens (tertiary/aromatic N) is 4. The highest BCUT2D eigenvalue weighted by Crippen LogP contribution is 2.30. The maximum atomic E-state index is 5.93. The molecule has 1 saturated heterocycles. The molecule has 4 aromatic rings. The van der Waals surface area contributed by atoms with Gasteiger partial charge in [0, 0.05) is 30.4 Å². The molecular formula is C19H19N5O2S. The number of aryl methyl sites for hydroxylation is 1. The molecule has 3 aromatic heterocycles. The van der Waals surface area contributed by atoms with Crippen LogP contribution in [0.15, 0.2) is 40.1 Å². The van der Waals surface area contributed by atoms with E-state index in [1.54, 1.807) is 11.3 Å². The predicted molar refractivity (Wildman–Crippen MR) is 102 cm³/mol. The van der Waals surface area contributed by atoms with E-state index < -0.39 is 0 Å². The Balaban J connectivity index is 1.30. The average Bonchev–Trinajstić information content (AvgIpc) is 3.40. The van der Waals surface area contributed by atoms with Crippen LogP contribution in [-0.2, 0) is 11.3 Å². The third-order valence-electron chi connectivity index (χ3n) is 4.63. The van der Waals surface area contributed by atoms with Crippen molar-refractivity contribution in [3.63, 3.8) is 0 Å². The molecule has 1 aliphatic rings. The Morgan fingerprint density at radius 1 is 1.30 bits per heavy atom. The van der Waals surface area contributed by atoms with Gasteiger partial charge in [0.2, 0.25) is 0 Å². The fraction of sp³-hybridized carbons (Fsp3) is 0.316. The number of morpholine rings is 1. The Labute approximate surface area is 160 Å². The van der Waals surface area contributed by atoms with Crippen LogP contribution in [0.25, 0.3) is 21.7 Å². The lowest BCUT2D eigenvalue weighted by atomic mass is 10.2. The maximum Gasteiger partial charge on any atom is 0.180 e. The van der Waals surface area contributed by atoms with Crippen molar-refractivity contribution in [1.82, 2.24) is 25.1 Å². The van der Waals surface area contributed by atoms with E-state index >= 15 is 0 Å². The van der Waals surface area contributed by atoms with Crippen LogP contribution in [0.1, 0.15) is 23.4 Å². The number of aromatic amines is 1. The standard InChI is InChI=1S/C19H19N5O2S/c1-12-20-18(23-22-12)17-10-24(6-7-25-17)9-14-11-27-19(21-14)16-8-13-4-2-3-5-15(13)26-16/h2-5,8,11,17H,6-7,9-10H2,1H3,(H,20,22,23). The summed E-state index contributed by atoms with van der Waals surface area (Å²) in [6.45, 7) is 4.97. The molecule has 0 amide bonds. The van der Waals surface area contributed by atoms with E-state index in [0.29, 0.717) is 6.61 Å². The summed E-state index contributed by atoms with van der Waals surface area (Å²) in [4.78, 5) is 11.5. The highest BCUT2D eigenvalue weighted by Gasteiger charge is 2.25. The van der Waals surface area contributed by atoms with E-state index in [2.05, 4.69) is 31.5 Å². The predicted octanol–water partition coefficient (Wildman–Crippen LogP) is 3.56. The smallest absolute Gasteiger partial charge is 0.180 e. The third kappa shape index (κ3) is 3.39. The molecule has 0 saturated carbocycles. The van der Waals surface area contributed by atoms with Gasteiger partial charge in [-0.05, 0) is 19.1 Å². The first kappa shape index (κ1) is 16.6. The Morgan fingerprint density at radius 3 is 3.07 bits per heavy atom. The molecule has 1 unspecified atom stereocenters. The first-order valence-corrected chi connectivity index (χ1v) is 9.79. The molecule has 1 aliphatic heterocycles. The monoisotopic (exact) mass is 381 g/mol. The first-order valence-electron chi connectivity index (χ1n) is 8.91. The molecule has 138 valence electrons. The Kier molecular flexibility index (Phi) is 4.23. The molecule has 1 N–H and O–H groups in total. The van der Waals surface area contributed by atoms with Crippen molar-refractivity contribution < 1.29 is 9.15 Å². The van der Waals surface area contributed by atoms with Crippen LogP contribution in [0.2, 0.25) is 0 Å². The zero-order valence-corrected chi connectivity index (χ0v) is 15.7. The van der Waals surface area contributed by atoms with Crippen LogP contribution >= 0.6 is 11.3 Å². The van der Waals surface area contributed by atoms with Gasteiger partial charge in [0.05, 0.1) is 12.3 Å². The van der Waals surface area contributed by atoms with Crippen LogP contribution in [0.3, 0.4) is 0 Å². The number of benzene rings is 1. The van der Waals surface area contributed by atoms with Crippen molar-refractivity contribution in [2.24, 2.45) is 0 Å². The van der Waals surface area contributed by atoms with Crippen LogP contribution in [-0.4, -0.2) is 44.8 Å². The highest BCUT2D eigenvalue weighted by atomic mass is 32.1. The van der Waals surface area contributed by atoms with E-state index in [-0.39, 0.29) is 6.10 Å². The summed E-state index contributed by atoms with van der Waals surface area (Å²) in [5.74, 6) is 2.35. The minimum absolute atomic E-state index is 0.0998. The number of aromatic nitrogens is 4. The molecule has 27 heavy (non-hydrogen) atoms. The second-order valence-electron chi connectivity index (χ2n) is 6.67. The highest BCUT2D eigenvalue weighted by molar-refractivity contribution is 7.13. The largest absolute Gasteiger partial charge is 0.454 e. The molecular weight excluding hydrogens is 362 g/mol. The zero-order chi connectivity index (χ0) is 18.2. The summed E-state index contributed by atoms with van der Waals surface area (Å²) in [6.07, 6.45) is -0.0998. The number of ether oxygens (including phenoxy) is 1. The minimum Gasteiger partial charge on any atom is -0.454 e. The van der Waals surface area contributed by atoms with Gasteiger partial charge >= 0.3 is 0 Å². The number of nitrogens with one attached hydrogen (secondary N) is 1. The second-order valence-corrected chi connectivity index (χ2v) is 7.52. The molecule has 8 heteroatoms. The maximum absolute atomic E-state index is 5.93. The molecule has 0 aliphatic carbocycles. The fourth-order valence-corrected chi connectivity index (χ4v) is 4.08. The molecule has 4 heterocycles. The summed E-state index contributed by atoms with van der Waals surface area (Å²) >= 11 is 1.61. The number of thiazole rings is 1. The van der Waals surface area contributed by atoms with Crippen molar-refractivity contribution in [1.29, 1.82) is 0 Å². The molecule has 0 bridgehead atoms. The summed E-state index contributed by atoms with van der Waals surface area (Å²) in [6, 6.07) is 10.1. The quantitative estimate of drug-likeness (QED) is 0.582. The molecule has 1 fully saturated rings. The number of H-pyrrole nitrogens is 1. The lowest BCUT2D eigenvalue weighted by Gasteiger charge is -2.30. The van der Waals surface area contributed by atoms with Gasteiger partial charge in [-0.25, -0.2) is 9.97 Å². The van der Waals surface area contributed by atoms with Crippen molar-refractivity contribution >= 4 is 22.3 Å². The molecule has 1 aromatic carbocycles. The number of hydrogen-bond acceptors (Lipinski definition) is 7. The van der Waals surface area contributed by atoms with Gasteiger partial charge in [0.1, 0.15) is 17.5 Å².